The molecule has 2 rings (SSSR count). The number of carbonyl (C=O) groups excluding carboxylic acids is 1. The molecule has 4 nitrogen and oxygen atoms in total. The standard InChI is InChI=1S/C13H18N2O2S/c1-2-18-8-12(14)13(17)15-6-9-3-4-11(16)5-10(9)7-15/h3-5,12,16H,2,6-8,14H2,1H3/t12-/m0/s1. The molecule has 0 saturated carbocycles. The molecule has 0 fully saturated rings. The highest BCUT2D eigenvalue weighted by Gasteiger charge is 2.27. The maximum atomic E-state index is 12.1. The lowest BCUT2D eigenvalue weighted by Gasteiger charge is -2.19. The van der Waals surface area contributed by atoms with Crippen LogP contribution in [0.25, 0.3) is 0 Å². The summed E-state index contributed by atoms with van der Waals surface area (Å²) in [4.78, 5) is 13.9. The molecular weight excluding hydrogens is 248 g/mol. The Morgan fingerprint density at radius 1 is 1.50 bits per heavy atom. The van der Waals surface area contributed by atoms with Crippen molar-refractivity contribution in [3.63, 3.8) is 0 Å². The van der Waals surface area contributed by atoms with Gasteiger partial charge in [-0.25, -0.2) is 0 Å². The zero-order valence-corrected chi connectivity index (χ0v) is 11.2. The fourth-order valence-corrected chi connectivity index (χ4v) is 2.72. The molecule has 3 N–H and O–H groups in total. The van der Waals surface area contributed by atoms with Gasteiger partial charge in [0.15, 0.2) is 0 Å². The minimum atomic E-state index is -0.433. The van der Waals surface area contributed by atoms with Gasteiger partial charge in [0.2, 0.25) is 5.91 Å². The number of hydrogen-bond acceptors (Lipinski definition) is 4. The topological polar surface area (TPSA) is 66.6 Å². The van der Waals surface area contributed by atoms with E-state index in [1.807, 2.05) is 6.07 Å². The second-order valence-corrected chi connectivity index (χ2v) is 5.73. The number of amides is 1. The summed E-state index contributed by atoms with van der Waals surface area (Å²) in [6.45, 7) is 3.20. The molecular formula is C13H18N2O2S. The van der Waals surface area contributed by atoms with Crippen LogP contribution < -0.4 is 5.73 Å². The number of benzene rings is 1. The van der Waals surface area contributed by atoms with Crippen LogP contribution in [0.15, 0.2) is 18.2 Å². The highest BCUT2D eigenvalue weighted by atomic mass is 32.2. The van der Waals surface area contributed by atoms with Crippen LogP contribution in [-0.2, 0) is 17.9 Å². The van der Waals surface area contributed by atoms with E-state index >= 15 is 0 Å². The summed E-state index contributed by atoms with van der Waals surface area (Å²) < 4.78 is 0. The van der Waals surface area contributed by atoms with Crippen LogP contribution in [0.1, 0.15) is 18.1 Å². The molecule has 1 aliphatic heterocycles. The Hall–Kier alpha value is -1.20. The number of hydrogen-bond donors (Lipinski definition) is 2. The lowest BCUT2D eigenvalue weighted by atomic mass is 10.1. The van der Waals surface area contributed by atoms with Crippen LogP contribution in [0.4, 0.5) is 0 Å². The first kappa shape index (κ1) is 13.2. The van der Waals surface area contributed by atoms with Gasteiger partial charge in [-0.15, -0.1) is 0 Å². The summed E-state index contributed by atoms with van der Waals surface area (Å²) in [5, 5.41) is 9.42. The second kappa shape index (κ2) is 5.63. The van der Waals surface area contributed by atoms with E-state index in [2.05, 4.69) is 6.92 Å². The number of carbonyl (C=O) groups is 1. The lowest BCUT2D eigenvalue weighted by molar-refractivity contribution is -0.132. The first-order valence-electron chi connectivity index (χ1n) is 6.04. The molecule has 1 aromatic carbocycles. The van der Waals surface area contributed by atoms with Gasteiger partial charge in [-0.1, -0.05) is 13.0 Å². The molecule has 1 aliphatic rings. The third-order valence-electron chi connectivity index (χ3n) is 3.04. The van der Waals surface area contributed by atoms with Crippen LogP contribution in [-0.4, -0.2) is 33.5 Å². The van der Waals surface area contributed by atoms with E-state index in [4.69, 9.17) is 5.73 Å². The Morgan fingerprint density at radius 3 is 2.94 bits per heavy atom. The third kappa shape index (κ3) is 2.79. The van der Waals surface area contributed by atoms with Crippen LogP contribution in [0.5, 0.6) is 5.75 Å². The van der Waals surface area contributed by atoms with Gasteiger partial charge < -0.3 is 15.7 Å². The number of nitrogens with zero attached hydrogens (tertiary/aromatic N) is 1. The molecule has 0 aromatic heterocycles. The van der Waals surface area contributed by atoms with E-state index in [1.54, 1.807) is 28.8 Å². The Morgan fingerprint density at radius 2 is 2.22 bits per heavy atom. The largest absolute Gasteiger partial charge is 0.508 e. The predicted octanol–water partition coefficient (Wildman–Crippen LogP) is 1.31. The zero-order chi connectivity index (χ0) is 13.1. The molecule has 0 saturated heterocycles. The molecule has 0 spiro atoms. The highest BCUT2D eigenvalue weighted by molar-refractivity contribution is 7.99. The molecule has 1 atom stereocenters. The number of nitrogens with two attached hydrogens (primary N) is 1. The fraction of sp³-hybridized carbons (Fsp3) is 0.462. The molecule has 1 heterocycles. The Balaban J connectivity index is 2.00. The minimum absolute atomic E-state index is 0.00774. The maximum Gasteiger partial charge on any atom is 0.240 e. The molecule has 0 unspecified atom stereocenters. The van der Waals surface area contributed by atoms with Crippen molar-refractivity contribution in [2.24, 2.45) is 5.73 Å². The van der Waals surface area contributed by atoms with Gasteiger partial charge >= 0.3 is 0 Å². The van der Waals surface area contributed by atoms with E-state index in [1.165, 1.54) is 0 Å². The first-order chi connectivity index (χ1) is 8.61. The summed E-state index contributed by atoms with van der Waals surface area (Å²) in [7, 11) is 0. The summed E-state index contributed by atoms with van der Waals surface area (Å²) in [6.07, 6.45) is 0. The zero-order valence-electron chi connectivity index (χ0n) is 10.4. The summed E-state index contributed by atoms with van der Waals surface area (Å²) >= 11 is 1.68. The molecule has 0 radical (unpaired) electrons. The van der Waals surface area contributed by atoms with Crippen molar-refractivity contribution in [1.82, 2.24) is 4.90 Å². The summed E-state index contributed by atoms with van der Waals surface area (Å²) in [6, 6.07) is 4.80. The number of phenolic OH excluding ortho intramolecular Hbond substituents is 1. The van der Waals surface area contributed by atoms with Crippen LogP contribution >= 0.6 is 11.8 Å². The predicted molar refractivity (Wildman–Crippen MR) is 73.3 cm³/mol. The van der Waals surface area contributed by atoms with Gasteiger partial charge in [0, 0.05) is 18.8 Å². The number of rotatable bonds is 4. The number of aromatic hydroxyl groups is 1. The maximum absolute atomic E-state index is 12.1. The van der Waals surface area contributed by atoms with Gasteiger partial charge in [0.05, 0.1) is 6.04 Å². The monoisotopic (exact) mass is 266 g/mol. The average Bonchev–Trinajstić information content (AvgIpc) is 2.77. The van der Waals surface area contributed by atoms with Crippen molar-refractivity contribution in [1.29, 1.82) is 0 Å². The van der Waals surface area contributed by atoms with Crippen LogP contribution in [0.3, 0.4) is 0 Å². The Labute approximate surface area is 111 Å². The van der Waals surface area contributed by atoms with E-state index in [0.29, 0.717) is 18.8 Å². The minimum Gasteiger partial charge on any atom is -0.508 e. The summed E-state index contributed by atoms with van der Waals surface area (Å²) in [5.41, 5.74) is 7.99. The average molecular weight is 266 g/mol. The van der Waals surface area contributed by atoms with Gasteiger partial charge in [-0.05, 0) is 29.0 Å². The number of thioether (sulfide) groups is 1. The molecule has 5 heteroatoms. The van der Waals surface area contributed by atoms with Crippen molar-refractivity contribution >= 4 is 17.7 Å². The Bertz CT molecular complexity index is 451. The quantitative estimate of drug-likeness (QED) is 0.862. The van der Waals surface area contributed by atoms with Crippen molar-refractivity contribution < 1.29 is 9.90 Å². The lowest BCUT2D eigenvalue weighted by Crippen LogP contribution is -2.42. The van der Waals surface area contributed by atoms with Crippen molar-refractivity contribution in [2.45, 2.75) is 26.1 Å². The molecule has 1 amide bonds. The third-order valence-corrected chi connectivity index (χ3v) is 4.05. The highest BCUT2D eigenvalue weighted by Crippen LogP contribution is 2.26. The van der Waals surface area contributed by atoms with Gasteiger partial charge in [-0.3, -0.25) is 4.79 Å². The second-order valence-electron chi connectivity index (χ2n) is 4.41. The van der Waals surface area contributed by atoms with E-state index < -0.39 is 6.04 Å². The summed E-state index contributed by atoms with van der Waals surface area (Å²) in [5.74, 6) is 1.86. The van der Waals surface area contributed by atoms with Crippen molar-refractivity contribution in [2.75, 3.05) is 11.5 Å². The SMILES string of the molecule is CCSC[C@H](N)C(=O)N1Cc2ccc(O)cc2C1. The molecule has 1 aromatic rings. The van der Waals surface area contributed by atoms with Crippen molar-refractivity contribution in [3.05, 3.63) is 29.3 Å². The van der Waals surface area contributed by atoms with E-state index in [9.17, 15) is 9.90 Å². The van der Waals surface area contributed by atoms with Crippen LogP contribution in [0.2, 0.25) is 0 Å². The molecule has 18 heavy (non-hydrogen) atoms. The smallest absolute Gasteiger partial charge is 0.240 e. The molecule has 98 valence electrons. The van der Waals surface area contributed by atoms with Crippen LogP contribution in [0, 0.1) is 0 Å². The molecule has 0 aliphatic carbocycles. The fourth-order valence-electron chi connectivity index (χ4n) is 2.09. The number of phenols is 1. The normalized spacial score (nSPS) is 15.6. The number of fused-ring (bicyclic) bond motifs is 1. The Kier molecular flexibility index (Phi) is 4.14. The van der Waals surface area contributed by atoms with Gasteiger partial charge in [0.1, 0.15) is 5.75 Å². The van der Waals surface area contributed by atoms with Crippen molar-refractivity contribution in [3.8, 4) is 5.75 Å². The first-order valence-corrected chi connectivity index (χ1v) is 7.20. The van der Waals surface area contributed by atoms with Gasteiger partial charge in [0.25, 0.3) is 0 Å². The van der Waals surface area contributed by atoms with E-state index in [0.717, 1.165) is 16.9 Å². The van der Waals surface area contributed by atoms with E-state index in [-0.39, 0.29) is 11.7 Å². The van der Waals surface area contributed by atoms with Gasteiger partial charge in [-0.2, -0.15) is 11.8 Å². The molecule has 0 bridgehead atoms.